The summed E-state index contributed by atoms with van der Waals surface area (Å²) >= 11 is 0. The number of pyridine rings is 1. The van der Waals surface area contributed by atoms with E-state index in [1.54, 1.807) is 0 Å². The average molecular weight is 361 g/mol. The van der Waals surface area contributed by atoms with Gasteiger partial charge in [0.15, 0.2) is 0 Å². The van der Waals surface area contributed by atoms with Gasteiger partial charge in [0.2, 0.25) is 11.8 Å². The Morgan fingerprint density at radius 3 is 2.54 bits per heavy atom. The molecule has 0 aliphatic carbocycles. The van der Waals surface area contributed by atoms with Gasteiger partial charge in [-0.1, -0.05) is 6.92 Å². The first kappa shape index (κ1) is 20.4. The molecule has 1 aromatic rings. The zero-order chi connectivity index (χ0) is 18.6. The van der Waals surface area contributed by atoms with E-state index in [1.165, 1.54) is 5.56 Å². The number of carbonyl (C=O) groups is 2. The lowest BCUT2D eigenvalue weighted by molar-refractivity contribution is -0.123. The Balaban J connectivity index is 1.55. The van der Waals surface area contributed by atoms with Crippen LogP contribution in [0.3, 0.4) is 0 Å². The zero-order valence-electron chi connectivity index (χ0n) is 15.9. The number of hydrogen-bond donors (Lipinski definition) is 2. The van der Waals surface area contributed by atoms with Crippen molar-refractivity contribution in [3.8, 4) is 0 Å². The summed E-state index contributed by atoms with van der Waals surface area (Å²) in [5.74, 6) is 0.116. The highest BCUT2D eigenvalue weighted by atomic mass is 16.2. The number of rotatable bonds is 10. The molecule has 6 heteroatoms. The van der Waals surface area contributed by atoms with Crippen LogP contribution in [0.5, 0.6) is 0 Å². The fourth-order valence-corrected chi connectivity index (χ4v) is 3.20. The average Bonchev–Trinajstić information content (AvgIpc) is 2.66. The Kier molecular flexibility index (Phi) is 9.10. The van der Waals surface area contributed by atoms with Gasteiger partial charge in [0.1, 0.15) is 0 Å². The number of hydrogen-bond acceptors (Lipinski definition) is 4. The number of aromatic nitrogens is 1. The van der Waals surface area contributed by atoms with Gasteiger partial charge in [-0.15, -0.1) is 0 Å². The minimum atomic E-state index is 0.0437. The van der Waals surface area contributed by atoms with Gasteiger partial charge in [-0.2, -0.15) is 0 Å². The lowest BCUT2D eigenvalue weighted by Gasteiger charge is -2.32. The third-order valence-corrected chi connectivity index (χ3v) is 4.80. The summed E-state index contributed by atoms with van der Waals surface area (Å²) in [6, 6.07) is 4.40. The zero-order valence-corrected chi connectivity index (χ0v) is 15.9. The lowest BCUT2D eigenvalue weighted by atomic mass is 10.0. The molecule has 1 saturated heterocycles. The van der Waals surface area contributed by atoms with E-state index >= 15 is 0 Å². The van der Waals surface area contributed by atoms with E-state index in [0.717, 1.165) is 45.3 Å². The van der Waals surface area contributed by atoms with Crippen molar-refractivity contribution in [3.05, 3.63) is 30.1 Å². The van der Waals surface area contributed by atoms with Gasteiger partial charge < -0.3 is 15.5 Å². The van der Waals surface area contributed by atoms with E-state index in [-0.39, 0.29) is 17.9 Å². The molecule has 1 aliphatic heterocycles. The maximum atomic E-state index is 12.0. The minimum Gasteiger partial charge on any atom is -0.356 e. The maximum absolute atomic E-state index is 12.0. The predicted octanol–water partition coefficient (Wildman–Crippen LogP) is 1.90. The Bertz CT molecular complexity index is 542. The second-order valence-electron chi connectivity index (χ2n) is 6.99. The van der Waals surface area contributed by atoms with Crippen LogP contribution >= 0.6 is 0 Å². The minimum absolute atomic E-state index is 0.0437. The topological polar surface area (TPSA) is 74.3 Å². The molecule has 2 rings (SSSR count). The van der Waals surface area contributed by atoms with Crippen molar-refractivity contribution in [2.75, 3.05) is 26.2 Å². The first-order valence-electron chi connectivity index (χ1n) is 9.84. The number of likely N-dealkylation sites (tertiary alicyclic amines) is 1. The fraction of sp³-hybridized carbons (Fsp3) is 0.650. The second-order valence-corrected chi connectivity index (χ2v) is 6.99. The predicted molar refractivity (Wildman–Crippen MR) is 103 cm³/mol. The molecular weight excluding hydrogens is 328 g/mol. The van der Waals surface area contributed by atoms with E-state index in [2.05, 4.69) is 32.7 Å². The highest BCUT2D eigenvalue weighted by Gasteiger charge is 2.20. The van der Waals surface area contributed by atoms with Gasteiger partial charge in [-0.3, -0.25) is 14.6 Å². The van der Waals surface area contributed by atoms with E-state index < -0.39 is 0 Å². The van der Waals surface area contributed by atoms with Crippen LogP contribution in [0.2, 0.25) is 0 Å². The number of amides is 2. The Morgan fingerprint density at radius 1 is 1.15 bits per heavy atom. The molecule has 1 aromatic heterocycles. The van der Waals surface area contributed by atoms with Crippen molar-refractivity contribution in [2.45, 2.75) is 57.9 Å². The van der Waals surface area contributed by atoms with Crippen molar-refractivity contribution in [3.63, 3.8) is 0 Å². The largest absolute Gasteiger partial charge is 0.356 e. The summed E-state index contributed by atoms with van der Waals surface area (Å²) in [5, 5.41) is 5.96. The molecule has 1 fully saturated rings. The smallest absolute Gasteiger partial charge is 0.220 e. The Labute approximate surface area is 156 Å². The Hall–Kier alpha value is -1.95. The third-order valence-electron chi connectivity index (χ3n) is 4.80. The van der Waals surface area contributed by atoms with Gasteiger partial charge in [-0.05, 0) is 49.8 Å². The lowest BCUT2D eigenvalue weighted by Crippen LogP contribution is -2.45. The third kappa shape index (κ3) is 7.95. The summed E-state index contributed by atoms with van der Waals surface area (Å²) in [6.45, 7) is 5.84. The van der Waals surface area contributed by atoms with E-state index in [1.807, 2.05) is 19.3 Å². The standard InChI is InChI=1S/C20H32N4O2/c1-2-11-22-19(25)4-3-5-20(26)23-18-9-15-24(16-10-18)14-8-17-6-12-21-13-7-17/h6-7,12-13,18H,2-5,8-11,14-16H2,1H3,(H,22,25)(H,23,26). The molecule has 0 atom stereocenters. The van der Waals surface area contributed by atoms with Crippen LogP contribution < -0.4 is 10.6 Å². The quantitative estimate of drug-likeness (QED) is 0.668. The molecule has 144 valence electrons. The van der Waals surface area contributed by atoms with Gasteiger partial charge in [0.25, 0.3) is 0 Å². The number of nitrogens with one attached hydrogen (secondary N) is 2. The van der Waals surface area contributed by atoms with E-state index in [9.17, 15) is 9.59 Å². The van der Waals surface area contributed by atoms with Crippen molar-refractivity contribution < 1.29 is 9.59 Å². The van der Waals surface area contributed by atoms with Gasteiger partial charge in [-0.25, -0.2) is 0 Å². The highest BCUT2D eigenvalue weighted by Crippen LogP contribution is 2.12. The van der Waals surface area contributed by atoms with Crippen molar-refractivity contribution >= 4 is 11.8 Å². The number of piperidine rings is 1. The van der Waals surface area contributed by atoms with Crippen LogP contribution in [0.4, 0.5) is 0 Å². The highest BCUT2D eigenvalue weighted by molar-refractivity contribution is 5.78. The van der Waals surface area contributed by atoms with Crippen molar-refractivity contribution in [1.29, 1.82) is 0 Å². The molecule has 0 unspecified atom stereocenters. The molecule has 26 heavy (non-hydrogen) atoms. The molecule has 1 aliphatic rings. The van der Waals surface area contributed by atoms with Crippen LogP contribution in [0.15, 0.2) is 24.5 Å². The fourth-order valence-electron chi connectivity index (χ4n) is 3.20. The van der Waals surface area contributed by atoms with Crippen molar-refractivity contribution in [1.82, 2.24) is 20.5 Å². The molecule has 0 radical (unpaired) electrons. The van der Waals surface area contributed by atoms with Crippen LogP contribution in [0.1, 0.15) is 51.0 Å². The maximum Gasteiger partial charge on any atom is 0.220 e. The number of nitrogens with zero attached hydrogens (tertiary/aromatic N) is 2. The summed E-state index contributed by atoms with van der Waals surface area (Å²) < 4.78 is 0. The molecule has 2 N–H and O–H groups in total. The van der Waals surface area contributed by atoms with Crippen molar-refractivity contribution in [2.24, 2.45) is 0 Å². The first-order valence-corrected chi connectivity index (χ1v) is 9.84. The van der Waals surface area contributed by atoms with Gasteiger partial charge >= 0.3 is 0 Å². The normalized spacial score (nSPS) is 15.6. The molecule has 2 heterocycles. The second kappa shape index (κ2) is 11.6. The molecule has 0 aromatic carbocycles. The van der Waals surface area contributed by atoms with Crippen LogP contribution in [0, 0.1) is 0 Å². The molecule has 0 spiro atoms. The molecule has 6 nitrogen and oxygen atoms in total. The van der Waals surface area contributed by atoms with Gasteiger partial charge in [0, 0.05) is 57.5 Å². The summed E-state index contributed by atoms with van der Waals surface area (Å²) in [4.78, 5) is 30.1. The molecule has 0 bridgehead atoms. The molecule has 0 saturated carbocycles. The Morgan fingerprint density at radius 2 is 1.85 bits per heavy atom. The van der Waals surface area contributed by atoms with E-state index in [0.29, 0.717) is 25.8 Å². The SMILES string of the molecule is CCCNC(=O)CCCC(=O)NC1CCN(CCc2ccncc2)CC1. The monoisotopic (exact) mass is 360 g/mol. The summed E-state index contributed by atoms with van der Waals surface area (Å²) in [6.07, 6.45) is 9.13. The van der Waals surface area contributed by atoms with Crippen LogP contribution in [0.25, 0.3) is 0 Å². The summed E-state index contributed by atoms with van der Waals surface area (Å²) in [5.41, 5.74) is 1.32. The van der Waals surface area contributed by atoms with E-state index in [4.69, 9.17) is 0 Å². The molecular formula is C20H32N4O2. The van der Waals surface area contributed by atoms with Crippen LogP contribution in [-0.4, -0.2) is 53.9 Å². The first-order chi connectivity index (χ1) is 12.7. The number of carbonyl (C=O) groups excluding carboxylic acids is 2. The van der Waals surface area contributed by atoms with Gasteiger partial charge in [0.05, 0.1) is 0 Å². The van der Waals surface area contributed by atoms with Crippen LogP contribution in [-0.2, 0) is 16.0 Å². The molecule has 2 amide bonds. The summed E-state index contributed by atoms with van der Waals surface area (Å²) in [7, 11) is 0.